The van der Waals surface area contributed by atoms with E-state index in [4.69, 9.17) is 5.73 Å². The molecule has 2 aliphatic carbocycles. The van der Waals surface area contributed by atoms with Crippen LogP contribution in [0.2, 0.25) is 0 Å². The van der Waals surface area contributed by atoms with Gasteiger partial charge in [-0.3, -0.25) is 0 Å². The first-order chi connectivity index (χ1) is 15.2. The Bertz CT molecular complexity index is 942. The normalized spacial score (nSPS) is 17.9. The summed E-state index contributed by atoms with van der Waals surface area (Å²) < 4.78 is 0. The number of aldehydes is 1. The van der Waals surface area contributed by atoms with E-state index in [1.54, 1.807) is 11.1 Å². The SMILES string of the molecule is CCC1NCCC2=C1Cc1ccccc12.CCC=O.NCCC1=CCc2ccccc21. The largest absolute Gasteiger partial charge is 0.330 e. The molecule has 31 heavy (non-hydrogen) atoms. The van der Waals surface area contributed by atoms with E-state index in [0.717, 1.165) is 32.2 Å². The Kier molecular flexibility index (Phi) is 8.81. The minimum absolute atomic E-state index is 0.626. The number of carbonyl (C=O) groups is 1. The molecule has 3 nitrogen and oxygen atoms in total. The molecule has 2 aromatic carbocycles. The molecule has 3 N–H and O–H groups in total. The number of fused-ring (bicyclic) bond motifs is 3. The van der Waals surface area contributed by atoms with Gasteiger partial charge in [0.2, 0.25) is 0 Å². The maximum Gasteiger partial charge on any atom is 0.119 e. The van der Waals surface area contributed by atoms with Crippen LogP contribution in [0.15, 0.2) is 60.2 Å². The lowest BCUT2D eigenvalue weighted by Gasteiger charge is -2.25. The third kappa shape index (κ3) is 5.61. The summed E-state index contributed by atoms with van der Waals surface area (Å²) in [7, 11) is 0. The van der Waals surface area contributed by atoms with Gasteiger partial charge in [-0.1, -0.05) is 68.5 Å². The van der Waals surface area contributed by atoms with Crippen LogP contribution < -0.4 is 11.1 Å². The van der Waals surface area contributed by atoms with Gasteiger partial charge >= 0.3 is 0 Å². The van der Waals surface area contributed by atoms with Crippen molar-refractivity contribution in [2.75, 3.05) is 13.1 Å². The fourth-order valence-corrected chi connectivity index (χ4v) is 4.71. The van der Waals surface area contributed by atoms with Crippen LogP contribution in [0.5, 0.6) is 0 Å². The van der Waals surface area contributed by atoms with Crippen molar-refractivity contribution in [2.24, 2.45) is 5.73 Å². The Balaban J connectivity index is 0.000000153. The van der Waals surface area contributed by atoms with E-state index in [2.05, 4.69) is 66.8 Å². The summed E-state index contributed by atoms with van der Waals surface area (Å²) in [4.78, 5) is 9.17. The number of allylic oxidation sites excluding steroid dienone is 1. The molecular formula is C28H36N2O. The third-order valence-corrected chi connectivity index (χ3v) is 6.22. The average Bonchev–Trinajstić information content (AvgIpc) is 3.41. The molecule has 164 valence electrons. The number of rotatable bonds is 4. The minimum atomic E-state index is 0.626. The van der Waals surface area contributed by atoms with Gasteiger partial charge < -0.3 is 15.8 Å². The average molecular weight is 417 g/mol. The van der Waals surface area contributed by atoms with Gasteiger partial charge in [-0.2, -0.15) is 0 Å². The summed E-state index contributed by atoms with van der Waals surface area (Å²) in [5, 5.41) is 3.62. The van der Waals surface area contributed by atoms with Crippen molar-refractivity contribution in [2.45, 2.75) is 58.4 Å². The second-order valence-electron chi connectivity index (χ2n) is 8.21. The van der Waals surface area contributed by atoms with Crippen LogP contribution in [-0.2, 0) is 17.6 Å². The van der Waals surface area contributed by atoms with Crippen LogP contribution in [-0.4, -0.2) is 25.4 Å². The fraction of sp³-hybridized carbons (Fsp3) is 0.393. The minimum Gasteiger partial charge on any atom is -0.330 e. The Morgan fingerprint density at radius 1 is 1.03 bits per heavy atom. The molecule has 0 bridgehead atoms. The molecule has 1 heterocycles. The standard InChI is InChI=1S/C14H17N.C11H13N.C3H6O/c1-2-14-13-9-10-5-3-4-6-11(10)12(13)7-8-15-14;12-8-7-10-6-5-9-3-1-2-4-11(9)10;1-2-3-4/h3-6,14-15H,2,7-9H2,1H3;1-4,6H,5,7-8,12H2;3H,2H2,1H3. The van der Waals surface area contributed by atoms with Crippen molar-refractivity contribution >= 4 is 17.4 Å². The zero-order valence-electron chi connectivity index (χ0n) is 19.0. The molecular weight excluding hydrogens is 380 g/mol. The first kappa shape index (κ1) is 23.2. The zero-order valence-corrected chi connectivity index (χ0v) is 19.0. The van der Waals surface area contributed by atoms with Crippen molar-refractivity contribution in [3.05, 3.63) is 82.4 Å². The van der Waals surface area contributed by atoms with Crippen LogP contribution in [0, 0.1) is 0 Å². The molecule has 0 radical (unpaired) electrons. The van der Waals surface area contributed by atoms with Gasteiger partial charge in [-0.25, -0.2) is 0 Å². The maximum atomic E-state index is 9.17. The van der Waals surface area contributed by atoms with Gasteiger partial charge in [-0.05, 0) is 84.2 Å². The van der Waals surface area contributed by atoms with Crippen LogP contribution in [0.3, 0.4) is 0 Å². The van der Waals surface area contributed by atoms with Gasteiger partial charge in [0.15, 0.2) is 0 Å². The van der Waals surface area contributed by atoms with Crippen molar-refractivity contribution < 1.29 is 4.79 Å². The Morgan fingerprint density at radius 2 is 1.71 bits per heavy atom. The van der Waals surface area contributed by atoms with E-state index in [9.17, 15) is 4.79 Å². The number of carbonyl (C=O) groups excluding carboxylic acids is 1. The lowest BCUT2D eigenvalue weighted by molar-refractivity contribution is -0.107. The predicted molar refractivity (Wildman–Crippen MR) is 132 cm³/mol. The summed E-state index contributed by atoms with van der Waals surface area (Å²) in [6, 6.07) is 18.1. The topological polar surface area (TPSA) is 55.1 Å². The Labute approximate surface area is 187 Å². The monoisotopic (exact) mass is 416 g/mol. The molecule has 0 saturated carbocycles. The molecule has 0 spiro atoms. The smallest absolute Gasteiger partial charge is 0.119 e. The number of hydrogen-bond donors (Lipinski definition) is 2. The van der Waals surface area contributed by atoms with E-state index in [1.165, 1.54) is 47.1 Å². The van der Waals surface area contributed by atoms with E-state index in [1.807, 2.05) is 6.92 Å². The van der Waals surface area contributed by atoms with Gasteiger partial charge in [0, 0.05) is 12.5 Å². The molecule has 1 aliphatic heterocycles. The van der Waals surface area contributed by atoms with Crippen LogP contribution in [0.1, 0.15) is 61.8 Å². The molecule has 0 amide bonds. The van der Waals surface area contributed by atoms with Crippen LogP contribution in [0.4, 0.5) is 0 Å². The third-order valence-electron chi connectivity index (χ3n) is 6.22. The number of hydrogen-bond acceptors (Lipinski definition) is 3. The molecule has 0 fully saturated rings. The highest BCUT2D eigenvalue weighted by Crippen LogP contribution is 2.38. The predicted octanol–water partition coefficient (Wildman–Crippen LogP) is 5.34. The lowest BCUT2D eigenvalue weighted by Crippen LogP contribution is -2.35. The molecule has 2 aromatic rings. The maximum absolute atomic E-state index is 9.17. The molecule has 0 saturated heterocycles. The van der Waals surface area contributed by atoms with Gasteiger partial charge in [0.05, 0.1) is 0 Å². The van der Waals surface area contributed by atoms with Gasteiger partial charge in [-0.15, -0.1) is 0 Å². The molecule has 5 rings (SSSR count). The second-order valence-corrected chi connectivity index (χ2v) is 8.21. The molecule has 1 atom stereocenters. The molecule has 3 aliphatic rings. The summed E-state index contributed by atoms with van der Waals surface area (Å²) >= 11 is 0. The Hall–Kier alpha value is -2.49. The number of nitrogens with two attached hydrogens (primary N) is 1. The van der Waals surface area contributed by atoms with Crippen molar-refractivity contribution in [3.63, 3.8) is 0 Å². The zero-order chi connectivity index (χ0) is 22.1. The van der Waals surface area contributed by atoms with Crippen LogP contribution >= 0.6 is 0 Å². The van der Waals surface area contributed by atoms with E-state index in [0.29, 0.717) is 12.5 Å². The van der Waals surface area contributed by atoms with Gasteiger partial charge in [0.1, 0.15) is 6.29 Å². The number of benzene rings is 2. The van der Waals surface area contributed by atoms with Crippen molar-refractivity contribution in [3.8, 4) is 0 Å². The Morgan fingerprint density at radius 3 is 2.39 bits per heavy atom. The fourth-order valence-electron chi connectivity index (χ4n) is 4.71. The van der Waals surface area contributed by atoms with E-state index in [-0.39, 0.29) is 0 Å². The molecule has 3 heteroatoms. The van der Waals surface area contributed by atoms with Gasteiger partial charge in [0.25, 0.3) is 0 Å². The first-order valence-electron chi connectivity index (χ1n) is 11.7. The summed E-state index contributed by atoms with van der Waals surface area (Å²) in [6.07, 6.45) is 9.51. The van der Waals surface area contributed by atoms with Crippen molar-refractivity contribution in [1.29, 1.82) is 0 Å². The van der Waals surface area contributed by atoms with Crippen LogP contribution in [0.25, 0.3) is 11.1 Å². The molecule has 0 aromatic heterocycles. The first-order valence-corrected chi connectivity index (χ1v) is 11.7. The quantitative estimate of drug-likeness (QED) is 0.662. The van der Waals surface area contributed by atoms with E-state index < -0.39 is 0 Å². The molecule has 1 unspecified atom stereocenters. The van der Waals surface area contributed by atoms with E-state index >= 15 is 0 Å². The lowest BCUT2D eigenvalue weighted by atomic mass is 9.93. The summed E-state index contributed by atoms with van der Waals surface area (Å²) in [5.74, 6) is 0. The van der Waals surface area contributed by atoms with Crippen molar-refractivity contribution in [1.82, 2.24) is 5.32 Å². The highest BCUT2D eigenvalue weighted by Gasteiger charge is 2.28. The number of nitrogens with one attached hydrogen (secondary N) is 1. The summed E-state index contributed by atoms with van der Waals surface area (Å²) in [6.45, 7) is 5.98. The highest BCUT2D eigenvalue weighted by atomic mass is 16.1. The highest BCUT2D eigenvalue weighted by molar-refractivity contribution is 5.78. The summed E-state index contributed by atoms with van der Waals surface area (Å²) in [5.41, 5.74) is 16.1. The second kappa shape index (κ2) is 11.8.